The van der Waals surface area contributed by atoms with E-state index in [1.807, 2.05) is 48.5 Å². The number of thioether (sulfide) groups is 1. The van der Waals surface area contributed by atoms with Crippen LogP contribution >= 0.6 is 11.8 Å². The number of aromatic amines is 1. The topological polar surface area (TPSA) is 75.9 Å². The van der Waals surface area contributed by atoms with Crippen molar-refractivity contribution in [1.29, 1.82) is 0 Å². The van der Waals surface area contributed by atoms with Crippen LogP contribution in [0.15, 0.2) is 70.9 Å². The molecule has 4 rings (SSSR count). The molecule has 0 aliphatic carbocycles. The van der Waals surface area contributed by atoms with Crippen LogP contribution in [0.1, 0.15) is 5.56 Å². The highest BCUT2D eigenvalue weighted by Crippen LogP contribution is 2.21. The molecule has 0 saturated carbocycles. The van der Waals surface area contributed by atoms with Crippen molar-refractivity contribution in [3.05, 3.63) is 77.0 Å². The van der Waals surface area contributed by atoms with E-state index in [0.29, 0.717) is 16.6 Å². The van der Waals surface area contributed by atoms with Crippen LogP contribution < -0.4 is 5.69 Å². The fourth-order valence-corrected chi connectivity index (χ4v) is 3.13. The molecule has 0 atom stereocenters. The second-order valence-corrected chi connectivity index (χ2v) is 6.10. The number of H-pyrrole nitrogens is 1. The molecule has 0 unspecified atom stereocenters. The molecule has 0 saturated heterocycles. The molecule has 0 fully saturated rings. The second kappa shape index (κ2) is 6.29. The molecule has 118 valence electrons. The predicted molar refractivity (Wildman–Crippen MR) is 92.8 cm³/mol. The fraction of sp³-hybridized carbons (Fsp3) is 0.0588. The van der Waals surface area contributed by atoms with Gasteiger partial charge in [-0.3, -0.25) is 10.1 Å². The third-order valence-electron chi connectivity index (χ3n) is 3.53. The molecule has 4 aromatic rings. The van der Waals surface area contributed by atoms with Gasteiger partial charge in [0.15, 0.2) is 10.8 Å². The van der Waals surface area contributed by atoms with Crippen LogP contribution in [-0.4, -0.2) is 24.6 Å². The third kappa shape index (κ3) is 2.93. The molecule has 3 heterocycles. The minimum absolute atomic E-state index is 0.362. The van der Waals surface area contributed by atoms with Gasteiger partial charge >= 0.3 is 5.69 Å². The van der Waals surface area contributed by atoms with Crippen molar-refractivity contribution in [2.24, 2.45) is 0 Å². The van der Waals surface area contributed by atoms with Crippen molar-refractivity contribution >= 4 is 17.4 Å². The van der Waals surface area contributed by atoms with Gasteiger partial charge in [0.1, 0.15) is 0 Å². The van der Waals surface area contributed by atoms with Crippen molar-refractivity contribution in [1.82, 2.24) is 24.6 Å². The number of nitrogens with zero attached hydrogens (tertiary/aromatic N) is 4. The summed E-state index contributed by atoms with van der Waals surface area (Å²) in [5.41, 5.74) is 3.13. The molecule has 0 aliphatic rings. The number of nitrogens with one attached hydrogen (secondary N) is 1. The van der Waals surface area contributed by atoms with Gasteiger partial charge in [-0.15, -0.1) is 0 Å². The molecule has 1 aromatic carbocycles. The largest absolute Gasteiger partial charge is 0.370 e. The number of pyridine rings is 1. The van der Waals surface area contributed by atoms with Gasteiger partial charge in [-0.2, -0.15) is 9.50 Å². The zero-order valence-electron chi connectivity index (χ0n) is 12.6. The first-order chi connectivity index (χ1) is 11.8. The monoisotopic (exact) mass is 335 g/mol. The Balaban J connectivity index is 1.66. The SMILES string of the molecule is O=c1nc(SCc2ccncc2)nc2cc(-c3ccccc3)[nH]n12. The summed E-state index contributed by atoms with van der Waals surface area (Å²) in [5, 5.41) is 3.51. The van der Waals surface area contributed by atoms with E-state index in [9.17, 15) is 4.79 Å². The van der Waals surface area contributed by atoms with E-state index >= 15 is 0 Å². The summed E-state index contributed by atoms with van der Waals surface area (Å²) in [7, 11) is 0. The molecular formula is C17H13N5OS. The molecular weight excluding hydrogens is 322 g/mol. The Morgan fingerprint density at radius 2 is 1.83 bits per heavy atom. The van der Waals surface area contributed by atoms with Crippen LogP contribution in [0, 0.1) is 0 Å². The zero-order chi connectivity index (χ0) is 16.4. The lowest BCUT2D eigenvalue weighted by atomic mass is 10.2. The van der Waals surface area contributed by atoms with Crippen molar-refractivity contribution in [3.8, 4) is 11.3 Å². The number of fused-ring (bicyclic) bond motifs is 1. The first kappa shape index (κ1) is 14.6. The van der Waals surface area contributed by atoms with Crippen LogP contribution in [0.4, 0.5) is 0 Å². The zero-order valence-corrected chi connectivity index (χ0v) is 13.4. The standard InChI is InChI=1S/C17H13N5OS/c23-17-20-16(24-11-12-6-8-18-9-7-12)19-15-10-14(21-22(15)17)13-4-2-1-3-5-13/h1-10,21H,11H2. The van der Waals surface area contributed by atoms with E-state index in [1.165, 1.54) is 16.3 Å². The lowest BCUT2D eigenvalue weighted by Crippen LogP contribution is -2.19. The lowest BCUT2D eigenvalue weighted by molar-refractivity contribution is 0.788. The summed E-state index contributed by atoms with van der Waals surface area (Å²) >= 11 is 1.43. The highest BCUT2D eigenvalue weighted by Gasteiger charge is 2.09. The average molecular weight is 335 g/mol. The predicted octanol–water partition coefficient (Wildman–Crippen LogP) is 2.77. The van der Waals surface area contributed by atoms with E-state index in [-0.39, 0.29) is 5.69 Å². The quantitative estimate of drug-likeness (QED) is 0.580. The van der Waals surface area contributed by atoms with E-state index in [0.717, 1.165) is 16.8 Å². The smallest absolute Gasteiger partial charge is 0.288 e. The Morgan fingerprint density at radius 1 is 1.04 bits per heavy atom. The minimum Gasteiger partial charge on any atom is -0.288 e. The maximum atomic E-state index is 12.2. The Bertz CT molecular complexity index is 1030. The van der Waals surface area contributed by atoms with E-state index in [4.69, 9.17) is 0 Å². The summed E-state index contributed by atoms with van der Waals surface area (Å²) in [6, 6.07) is 15.5. The van der Waals surface area contributed by atoms with E-state index in [2.05, 4.69) is 20.1 Å². The molecule has 1 N–H and O–H groups in total. The number of benzene rings is 1. The number of hydrogen-bond acceptors (Lipinski definition) is 5. The molecule has 0 aliphatic heterocycles. The number of hydrogen-bond donors (Lipinski definition) is 1. The molecule has 24 heavy (non-hydrogen) atoms. The van der Waals surface area contributed by atoms with Crippen LogP contribution in [0.2, 0.25) is 0 Å². The molecule has 0 radical (unpaired) electrons. The van der Waals surface area contributed by atoms with Gasteiger partial charge < -0.3 is 0 Å². The van der Waals surface area contributed by atoms with Crippen molar-refractivity contribution in [2.45, 2.75) is 10.9 Å². The molecule has 3 aromatic heterocycles. The maximum Gasteiger partial charge on any atom is 0.370 e. The average Bonchev–Trinajstić information content (AvgIpc) is 3.06. The van der Waals surface area contributed by atoms with Gasteiger partial charge in [0, 0.05) is 24.2 Å². The van der Waals surface area contributed by atoms with Gasteiger partial charge in [-0.25, -0.2) is 9.78 Å². The van der Waals surface area contributed by atoms with Crippen LogP contribution in [0.3, 0.4) is 0 Å². The lowest BCUT2D eigenvalue weighted by Gasteiger charge is -2.00. The van der Waals surface area contributed by atoms with Crippen molar-refractivity contribution in [3.63, 3.8) is 0 Å². The highest BCUT2D eigenvalue weighted by atomic mass is 32.2. The van der Waals surface area contributed by atoms with Crippen molar-refractivity contribution in [2.75, 3.05) is 0 Å². The molecule has 7 heteroatoms. The Morgan fingerprint density at radius 3 is 2.62 bits per heavy atom. The van der Waals surface area contributed by atoms with Crippen LogP contribution in [0.25, 0.3) is 16.9 Å². The number of aromatic nitrogens is 5. The first-order valence-corrected chi connectivity index (χ1v) is 8.35. The van der Waals surface area contributed by atoms with Crippen molar-refractivity contribution < 1.29 is 0 Å². The summed E-state index contributed by atoms with van der Waals surface area (Å²) in [6.45, 7) is 0. The van der Waals surface area contributed by atoms with E-state index < -0.39 is 0 Å². The van der Waals surface area contributed by atoms with Gasteiger partial charge in [0.25, 0.3) is 0 Å². The number of rotatable bonds is 4. The van der Waals surface area contributed by atoms with E-state index in [1.54, 1.807) is 12.4 Å². The van der Waals surface area contributed by atoms with Gasteiger partial charge in [-0.1, -0.05) is 42.1 Å². The van der Waals surface area contributed by atoms with Crippen LogP contribution in [-0.2, 0) is 5.75 Å². The van der Waals surface area contributed by atoms with Gasteiger partial charge in [0.05, 0.1) is 5.69 Å². The first-order valence-electron chi connectivity index (χ1n) is 7.36. The summed E-state index contributed by atoms with van der Waals surface area (Å²) < 4.78 is 1.36. The molecule has 0 bridgehead atoms. The highest BCUT2D eigenvalue weighted by molar-refractivity contribution is 7.98. The fourth-order valence-electron chi connectivity index (χ4n) is 2.34. The Hall–Kier alpha value is -2.93. The molecule has 6 nitrogen and oxygen atoms in total. The molecule has 0 spiro atoms. The summed E-state index contributed by atoms with van der Waals surface area (Å²) in [5.74, 6) is 0.689. The van der Waals surface area contributed by atoms with Gasteiger partial charge in [-0.05, 0) is 23.3 Å². The summed E-state index contributed by atoms with van der Waals surface area (Å²) in [4.78, 5) is 24.7. The van der Waals surface area contributed by atoms with Crippen LogP contribution in [0.5, 0.6) is 0 Å². The summed E-state index contributed by atoms with van der Waals surface area (Å²) in [6.07, 6.45) is 3.49. The third-order valence-corrected chi connectivity index (χ3v) is 4.45. The minimum atomic E-state index is -0.362. The second-order valence-electron chi connectivity index (χ2n) is 5.16. The maximum absolute atomic E-state index is 12.2. The Labute approximate surface area is 141 Å². The van der Waals surface area contributed by atoms with Gasteiger partial charge in [0.2, 0.25) is 0 Å². The normalized spacial score (nSPS) is 11.0. The Kier molecular flexibility index (Phi) is 3.84. The molecule has 0 amide bonds.